The van der Waals surface area contributed by atoms with Gasteiger partial charge < -0.3 is 24.1 Å². The van der Waals surface area contributed by atoms with E-state index in [2.05, 4.69) is 0 Å². The summed E-state index contributed by atoms with van der Waals surface area (Å²) in [6.45, 7) is 6.34. The Morgan fingerprint density at radius 3 is 2.32 bits per heavy atom. The topological polar surface area (TPSA) is 92.0 Å². The Kier molecular flexibility index (Phi) is 8.17. The van der Waals surface area contributed by atoms with E-state index in [1.54, 1.807) is 14.2 Å². The van der Waals surface area contributed by atoms with Crippen molar-refractivity contribution in [2.45, 2.75) is 39.3 Å². The van der Waals surface area contributed by atoms with Gasteiger partial charge in [0.15, 0.2) is 0 Å². The summed E-state index contributed by atoms with van der Waals surface area (Å²) in [5.41, 5.74) is 2.40. The molecule has 0 saturated heterocycles. The number of hydrogen-bond acceptors (Lipinski definition) is 6. The van der Waals surface area contributed by atoms with Crippen molar-refractivity contribution in [3.63, 3.8) is 0 Å². The lowest BCUT2D eigenvalue weighted by molar-refractivity contribution is -0.150. The number of carboxylic acids is 1. The maximum absolute atomic E-state index is 11.2. The quantitative estimate of drug-likeness (QED) is 0.410. The third-order valence-corrected chi connectivity index (χ3v) is 5.75. The van der Waals surface area contributed by atoms with Crippen molar-refractivity contribution in [3.05, 3.63) is 59.8 Å². The lowest BCUT2D eigenvalue weighted by Crippen LogP contribution is -2.28. The van der Waals surface area contributed by atoms with Crippen LogP contribution in [0.3, 0.4) is 0 Å². The van der Waals surface area contributed by atoms with Crippen LogP contribution >= 0.6 is 0 Å². The first kappa shape index (κ1) is 25.1. The standard InChI is InChI=1S/C26H32N2O6/c1-6-26(3,34-17-25(29)30)24-15-22(19-12-20(31-4)14-21(13-19)32-5)28(27-24)16-18-10-8-9-11-23(18)33-7-2/h8-15H,6-7,16-17H2,1-5H3,(H,29,30)/t26-/m0/s1. The lowest BCUT2D eigenvalue weighted by atomic mass is 9.98. The summed E-state index contributed by atoms with van der Waals surface area (Å²) in [6.07, 6.45) is 0.549. The van der Waals surface area contributed by atoms with E-state index >= 15 is 0 Å². The first-order valence-electron chi connectivity index (χ1n) is 11.2. The molecule has 1 aromatic heterocycles. The second kappa shape index (κ2) is 11.1. The number of para-hydroxylation sites is 1. The summed E-state index contributed by atoms with van der Waals surface area (Å²) < 4.78 is 24.4. The minimum absolute atomic E-state index is 0.410. The molecule has 182 valence electrons. The van der Waals surface area contributed by atoms with Crippen molar-refractivity contribution in [1.82, 2.24) is 9.78 Å². The zero-order valence-corrected chi connectivity index (χ0v) is 20.3. The van der Waals surface area contributed by atoms with Gasteiger partial charge >= 0.3 is 5.97 Å². The monoisotopic (exact) mass is 468 g/mol. The summed E-state index contributed by atoms with van der Waals surface area (Å²) in [6, 6.07) is 15.4. The van der Waals surface area contributed by atoms with Gasteiger partial charge in [-0.3, -0.25) is 4.68 Å². The van der Waals surface area contributed by atoms with Crippen LogP contribution < -0.4 is 14.2 Å². The fraction of sp³-hybridized carbons (Fsp3) is 0.385. The normalized spacial score (nSPS) is 12.7. The second-order valence-electron chi connectivity index (χ2n) is 7.98. The average Bonchev–Trinajstić information content (AvgIpc) is 3.28. The van der Waals surface area contributed by atoms with Gasteiger partial charge in [-0.2, -0.15) is 5.10 Å². The maximum atomic E-state index is 11.2. The number of rotatable bonds is 12. The molecule has 0 saturated carbocycles. The number of hydrogen-bond donors (Lipinski definition) is 1. The third-order valence-electron chi connectivity index (χ3n) is 5.75. The molecule has 1 heterocycles. The number of carbonyl (C=O) groups is 1. The molecule has 3 aromatic rings. The molecular formula is C26H32N2O6. The highest BCUT2D eigenvalue weighted by Gasteiger charge is 2.31. The molecule has 8 nitrogen and oxygen atoms in total. The fourth-order valence-corrected chi connectivity index (χ4v) is 3.65. The summed E-state index contributed by atoms with van der Waals surface area (Å²) in [4.78, 5) is 11.2. The fourth-order valence-electron chi connectivity index (χ4n) is 3.65. The third kappa shape index (κ3) is 5.69. The molecule has 0 aliphatic carbocycles. The van der Waals surface area contributed by atoms with Crippen LogP contribution in [0.25, 0.3) is 11.3 Å². The predicted octanol–water partition coefficient (Wildman–Crippen LogP) is 4.74. The molecular weight excluding hydrogens is 436 g/mol. The number of benzene rings is 2. The highest BCUT2D eigenvalue weighted by Crippen LogP contribution is 2.35. The molecule has 0 unspecified atom stereocenters. The van der Waals surface area contributed by atoms with Gasteiger partial charge in [0, 0.05) is 17.2 Å². The Balaban J connectivity index is 2.14. The summed E-state index contributed by atoms with van der Waals surface area (Å²) in [7, 11) is 3.21. The van der Waals surface area contributed by atoms with E-state index in [4.69, 9.17) is 29.2 Å². The van der Waals surface area contributed by atoms with E-state index in [1.165, 1.54) is 0 Å². The van der Waals surface area contributed by atoms with Gasteiger partial charge in [-0.1, -0.05) is 25.1 Å². The minimum atomic E-state index is -1.03. The Hall–Kier alpha value is -3.52. The first-order chi connectivity index (χ1) is 16.3. The smallest absolute Gasteiger partial charge is 0.329 e. The number of methoxy groups -OCH3 is 2. The van der Waals surface area contributed by atoms with Crippen LogP contribution in [0.4, 0.5) is 0 Å². The van der Waals surface area contributed by atoms with Crippen molar-refractivity contribution in [3.8, 4) is 28.5 Å². The molecule has 0 bridgehead atoms. The van der Waals surface area contributed by atoms with Crippen molar-refractivity contribution < 1.29 is 28.8 Å². The molecule has 0 aliphatic rings. The van der Waals surface area contributed by atoms with E-state index in [1.807, 2.05) is 74.0 Å². The van der Waals surface area contributed by atoms with Crippen molar-refractivity contribution in [1.29, 1.82) is 0 Å². The van der Waals surface area contributed by atoms with Crippen molar-refractivity contribution in [2.75, 3.05) is 27.4 Å². The van der Waals surface area contributed by atoms with Gasteiger partial charge in [-0.15, -0.1) is 0 Å². The Morgan fingerprint density at radius 2 is 1.74 bits per heavy atom. The predicted molar refractivity (Wildman–Crippen MR) is 129 cm³/mol. The van der Waals surface area contributed by atoms with Gasteiger partial charge in [0.05, 0.1) is 38.8 Å². The van der Waals surface area contributed by atoms with E-state index in [0.717, 1.165) is 22.6 Å². The van der Waals surface area contributed by atoms with Crippen LogP contribution in [0.1, 0.15) is 38.4 Å². The Labute approximate surface area is 200 Å². The van der Waals surface area contributed by atoms with Crippen LogP contribution in [0.15, 0.2) is 48.5 Å². The minimum Gasteiger partial charge on any atom is -0.497 e. The molecule has 1 atom stereocenters. The van der Waals surface area contributed by atoms with E-state index in [-0.39, 0.29) is 0 Å². The van der Waals surface area contributed by atoms with Gasteiger partial charge in [0.25, 0.3) is 0 Å². The molecule has 3 rings (SSSR count). The molecule has 0 radical (unpaired) electrons. The summed E-state index contributed by atoms with van der Waals surface area (Å²) in [5.74, 6) is 1.07. The number of nitrogens with zero attached hydrogens (tertiary/aromatic N) is 2. The number of carboxylic acid groups (broad SMARTS) is 1. The van der Waals surface area contributed by atoms with Crippen LogP contribution in [0, 0.1) is 0 Å². The Bertz CT molecular complexity index is 1100. The van der Waals surface area contributed by atoms with Crippen molar-refractivity contribution >= 4 is 5.97 Å². The molecule has 0 amide bonds. The van der Waals surface area contributed by atoms with E-state index < -0.39 is 18.2 Å². The molecule has 8 heteroatoms. The van der Waals surface area contributed by atoms with Crippen LogP contribution in [0.5, 0.6) is 17.2 Å². The summed E-state index contributed by atoms with van der Waals surface area (Å²) >= 11 is 0. The first-order valence-corrected chi connectivity index (χ1v) is 11.2. The highest BCUT2D eigenvalue weighted by molar-refractivity contribution is 5.68. The zero-order valence-electron chi connectivity index (χ0n) is 20.3. The molecule has 0 spiro atoms. The largest absolute Gasteiger partial charge is 0.497 e. The lowest BCUT2D eigenvalue weighted by Gasteiger charge is -2.25. The van der Waals surface area contributed by atoms with Crippen LogP contribution in [-0.4, -0.2) is 48.3 Å². The zero-order chi connectivity index (χ0) is 24.7. The molecule has 0 aliphatic heterocycles. The molecule has 0 fully saturated rings. The SMILES string of the molecule is CCOc1ccccc1Cn1nc([C@](C)(CC)OCC(=O)O)cc1-c1cc(OC)cc(OC)c1. The number of aromatic nitrogens is 2. The van der Waals surface area contributed by atoms with Gasteiger partial charge in [-0.25, -0.2) is 4.79 Å². The maximum Gasteiger partial charge on any atom is 0.329 e. The highest BCUT2D eigenvalue weighted by atomic mass is 16.5. The second-order valence-corrected chi connectivity index (χ2v) is 7.98. The molecule has 1 N–H and O–H groups in total. The average molecular weight is 469 g/mol. The van der Waals surface area contributed by atoms with E-state index in [0.29, 0.717) is 36.8 Å². The van der Waals surface area contributed by atoms with Crippen molar-refractivity contribution in [2.24, 2.45) is 0 Å². The van der Waals surface area contributed by atoms with Gasteiger partial charge in [0.1, 0.15) is 29.5 Å². The summed E-state index contributed by atoms with van der Waals surface area (Å²) in [5, 5.41) is 14.0. The van der Waals surface area contributed by atoms with Gasteiger partial charge in [0.2, 0.25) is 0 Å². The number of ether oxygens (including phenoxy) is 4. The molecule has 2 aromatic carbocycles. The number of aliphatic carboxylic acids is 1. The van der Waals surface area contributed by atoms with Crippen LogP contribution in [-0.2, 0) is 21.7 Å². The van der Waals surface area contributed by atoms with E-state index in [9.17, 15) is 4.79 Å². The molecule has 34 heavy (non-hydrogen) atoms. The Morgan fingerprint density at radius 1 is 1.06 bits per heavy atom. The van der Waals surface area contributed by atoms with Crippen LogP contribution in [0.2, 0.25) is 0 Å². The van der Waals surface area contributed by atoms with Gasteiger partial charge in [-0.05, 0) is 44.5 Å².